The van der Waals surface area contributed by atoms with Crippen LogP contribution in [-0.4, -0.2) is 49.2 Å². The van der Waals surface area contributed by atoms with Crippen molar-refractivity contribution in [1.29, 1.82) is 0 Å². The van der Waals surface area contributed by atoms with Gasteiger partial charge >= 0.3 is 5.97 Å². The Morgan fingerprint density at radius 2 is 1.94 bits per heavy atom. The molecule has 0 aliphatic carbocycles. The molecule has 0 bridgehead atoms. The minimum absolute atomic E-state index is 0.0134. The summed E-state index contributed by atoms with van der Waals surface area (Å²) in [6.45, 7) is 5.88. The topological polar surface area (TPSA) is 120 Å². The monoisotopic (exact) mass is 469 g/mol. The van der Waals surface area contributed by atoms with Gasteiger partial charge in [-0.05, 0) is 49.9 Å². The number of nitro benzene ring substituents is 1. The molecule has 1 N–H and O–H groups in total. The van der Waals surface area contributed by atoms with Crippen LogP contribution < -0.4 is 19.7 Å². The van der Waals surface area contributed by atoms with E-state index in [1.165, 1.54) is 19.1 Å². The number of carbonyl (C=O) groups is 2. The van der Waals surface area contributed by atoms with E-state index in [0.29, 0.717) is 42.0 Å². The molecule has 2 heterocycles. The van der Waals surface area contributed by atoms with Gasteiger partial charge in [0, 0.05) is 30.9 Å². The number of piperidine rings is 1. The van der Waals surface area contributed by atoms with E-state index < -0.39 is 22.9 Å². The zero-order valence-corrected chi connectivity index (χ0v) is 19.1. The maximum absolute atomic E-state index is 12.6. The van der Waals surface area contributed by atoms with E-state index in [2.05, 4.69) is 12.2 Å². The zero-order chi connectivity index (χ0) is 24.2. The Kier molecular flexibility index (Phi) is 6.85. The summed E-state index contributed by atoms with van der Waals surface area (Å²) >= 11 is 0. The number of fused-ring (bicyclic) bond motifs is 1. The van der Waals surface area contributed by atoms with Gasteiger partial charge in [-0.2, -0.15) is 0 Å². The van der Waals surface area contributed by atoms with Gasteiger partial charge in [-0.3, -0.25) is 14.9 Å². The van der Waals surface area contributed by atoms with E-state index >= 15 is 0 Å². The summed E-state index contributed by atoms with van der Waals surface area (Å²) in [6, 6.07) is 9.25. The highest BCUT2D eigenvalue weighted by molar-refractivity contribution is 5.98. The Balaban J connectivity index is 1.42. The second-order valence-corrected chi connectivity index (χ2v) is 8.55. The fourth-order valence-electron chi connectivity index (χ4n) is 4.12. The highest BCUT2D eigenvalue weighted by Crippen LogP contribution is 2.34. The first kappa shape index (κ1) is 23.3. The van der Waals surface area contributed by atoms with Crippen LogP contribution in [0.4, 0.5) is 17.1 Å². The average Bonchev–Trinajstić information content (AvgIpc) is 2.83. The Morgan fingerprint density at radius 3 is 2.68 bits per heavy atom. The van der Waals surface area contributed by atoms with Crippen LogP contribution in [0.2, 0.25) is 0 Å². The van der Waals surface area contributed by atoms with E-state index in [9.17, 15) is 19.7 Å². The van der Waals surface area contributed by atoms with Crippen LogP contribution >= 0.6 is 0 Å². The lowest BCUT2D eigenvalue weighted by Crippen LogP contribution is -2.34. The van der Waals surface area contributed by atoms with Crippen LogP contribution in [0, 0.1) is 16.0 Å². The number of amides is 1. The zero-order valence-electron chi connectivity index (χ0n) is 19.1. The number of ether oxygens (including phenoxy) is 3. The summed E-state index contributed by atoms with van der Waals surface area (Å²) < 4.78 is 16.2. The molecule has 2 aromatic rings. The molecule has 0 spiro atoms. The highest BCUT2D eigenvalue weighted by Gasteiger charge is 2.27. The number of nitrogens with zero attached hydrogens (tertiary/aromatic N) is 2. The molecule has 1 fully saturated rings. The molecular formula is C24H27N3O7. The van der Waals surface area contributed by atoms with Crippen LogP contribution in [0.1, 0.15) is 37.0 Å². The smallest absolute Gasteiger partial charge is 0.339 e. The lowest BCUT2D eigenvalue weighted by Gasteiger charge is -2.32. The Bertz CT molecular complexity index is 1100. The van der Waals surface area contributed by atoms with Crippen molar-refractivity contribution >= 4 is 28.9 Å². The van der Waals surface area contributed by atoms with Gasteiger partial charge in [0.1, 0.15) is 18.9 Å². The Hall–Kier alpha value is -3.82. The standard InChI is InChI=1S/C24H27N3O7/c1-15-4-3-9-26(14-15)19-7-5-17(12-20(19)27(30)31)24(29)34-16(2)23(28)25-18-6-8-21-22(13-18)33-11-10-32-21/h5-8,12-13,15-16H,3-4,9-11,14H2,1-2H3,(H,25,28)/t15-,16-/m1/s1. The van der Waals surface area contributed by atoms with Crippen LogP contribution in [0.15, 0.2) is 36.4 Å². The number of esters is 1. The van der Waals surface area contributed by atoms with Crippen molar-refractivity contribution in [3.05, 3.63) is 52.1 Å². The number of rotatable bonds is 6. The number of hydrogen-bond donors (Lipinski definition) is 1. The van der Waals surface area contributed by atoms with E-state index in [1.54, 1.807) is 24.3 Å². The minimum Gasteiger partial charge on any atom is -0.486 e. The van der Waals surface area contributed by atoms with Gasteiger partial charge in [0.05, 0.1) is 10.5 Å². The molecule has 0 saturated carbocycles. The molecule has 2 aromatic carbocycles. The lowest BCUT2D eigenvalue weighted by atomic mass is 9.99. The molecule has 10 nitrogen and oxygen atoms in total. The molecule has 2 aliphatic rings. The summed E-state index contributed by atoms with van der Waals surface area (Å²) in [5, 5.41) is 14.4. The summed E-state index contributed by atoms with van der Waals surface area (Å²) in [4.78, 5) is 38.4. The van der Waals surface area contributed by atoms with Gasteiger partial charge in [0.25, 0.3) is 11.6 Å². The largest absolute Gasteiger partial charge is 0.486 e. The number of benzene rings is 2. The summed E-state index contributed by atoms with van der Waals surface area (Å²) in [6.07, 6.45) is 0.918. The molecular weight excluding hydrogens is 442 g/mol. The average molecular weight is 469 g/mol. The third-order valence-electron chi connectivity index (χ3n) is 5.87. The third-order valence-corrected chi connectivity index (χ3v) is 5.87. The maximum Gasteiger partial charge on any atom is 0.339 e. The first-order valence-corrected chi connectivity index (χ1v) is 11.3. The second kappa shape index (κ2) is 9.98. The second-order valence-electron chi connectivity index (χ2n) is 8.55. The molecule has 180 valence electrons. The fourth-order valence-corrected chi connectivity index (χ4v) is 4.12. The Labute approximate surface area is 196 Å². The molecule has 0 radical (unpaired) electrons. The molecule has 2 atom stereocenters. The van der Waals surface area contributed by atoms with Gasteiger partial charge in [-0.1, -0.05) is 6.92 Å². The van der Waals surface area contributed by atoms with Crippen LogP contribution in [-0.2, 0) is 9.53 Å². The predicted octanol–water partition coefficient (Wildman–Crippen LogP) is 3.79. The van der Waals surface area contributed by atoms with Gasteiger partial charge in [0.15, 0.2) is 17.6 Å². The molecule has 0 aromatic heterocycles. The van der Waals surface area contributed by atoms with Gasteiger partial charge in [-0.15, -0.1) is 0 Å². The van der Waals surface area contributed by atoms with Crippen LogP contribution in [0.3, 0.4) is 0 Å². The summed E-state index contributed by atoms with van der Waals surface area (Å²) in [7, 11) is 0. The van der Waals surface area contributed by atoms with Crippen molar-refractivity contribution in [1.82, 2.24) is 0 Å². The molecule has 1 amide bonds. The first-order valence-electron chi connectivity index (χ1n) is 11.3. The van der Waals surface area contributed by atoms with Crippen molar-refractivity contribution in [2.24, 2.45) is 5.92 Å². The van der Waals surface area contributed by atoms with E-state index in [1.807, 2.05) is 4.90 Å². The number of nitro groups is 1. The molecule has 10 heteroatoms. The third kappa shape index (κ3) is 5.22. The van der Waals surface area contributed by atoms with E-state index in [0.717, 1.165) is 25.9 Å². The number of hydrogen-bond acceptors (Lipinski definition) is 8. The normalized spacial score (nSPS) is 18.1. The molecule has 0 unspecified atom stereocenters. The SMILES string of the molecule is C[C@@H]1CCCN(c2ccc(C(=O)O[C@H](C)C(=O)Nc3ccc4c(c3)OCCO4)cc2[N+](=O)[O-])C1. The van der Waals surface area contributed by atoms with Crippen molar-refractivity contribution in [2.75, 3.05) is 36.5 Å². The fraction of sp³-hybridized carbons (Fsp3) is 0.417. The van der Waals surface area contributed by atoms with Crippen LogP contribution in [0.25, 0.3) is 0 Å². The van der Waals surface area contributed by atoms with Gasteiger partial charge in [0.2, 0.25) is 0 Å². The van der Waals surface area contributed by atoms with Gasteiger partial charge in [-0.25, -0.2) is 4.79 Å². The molecule has 1 saturated heterocycles. The lowest BCUT2D eigenvalue weighted by molar-refractivity contribution is -0.384. The van der Waals surface area contributed by atoms with Gasteiger partial charge < -0.3 is 24.4 Å². The molecule has 2 aliphatic heterocycles. The number of carbonyl (C=O) groups excluding carboxylic acids is 2. The van der Waals surface area contributed by atoms with E-state index in [4.69, 9.17) is 14.2 Å². The van der Waals surface area contributed by atoms with Crippen molar-refractivity contribution < 1.29 is 28.7 Å². The van der Waals surface area contributed by atoms with Crippen molar-refractivity contribution in [3.63, 3.8) is 0 Å². The predicted molar refractivity (Wildman–Crippen MR) is 125 cm³/mol. The summed E-state index contributed by atoms with van der Waals surface area (Å²) in [5.41, 5.74) is 0.807. The first-order chi connectivity index (χ1) is 16.3. The minimum atomic E-state index is -1.12. The Morgan fingerprint density at radius 1 is 1.18 bits per heavy atom. The maximum atomic E-state index is 12.6. The highest BCUT2D eigenvalue weighted by atomic mass is 16.6. The number of anilines is 2. The van der Waals surface area contributed by atoms with E-state index in [-0.39, 0.29) is 11.3 Å². The molecule has 34 heavy (non-hydrogen) atoms. The molecule has 4 rings (SSSR count). The van der Waals surface area contributed by atoms with Crippen molar-refractivity contribution in [3.8, 4) is 11.5 Å². The summed E-state index contributed by atoms with van der Waals surface area (Å²) in [5.74, 6) is 0.188. The van der Waals surface area contributed by atoms with Crippen LogP contribution in [0.5, 0.6) is 11.5 Å². The number of nitrogens with one attached hydrogen (secondary N) is 1. The quantitative estimate of drug-likeness (QED) is 0.385. The van der Waals surface area contributed by atoms with Crippen molar-refractivity contribution in [2.45, 2.75) is 32.8 Å².